The summed E-state index contributed by atoms with van der Waals surface area (Å²) in [5, 5.41) is 0. The van der Waals surface area contributed by atoms with E-state index in [4.69, 9.17) is 14.2 Å². The molecule has 0 bridgehead atoms. The zero-order chi connectivity index (χ0) is 35.6. The largest absolute Gasteiger partial charge is 0.487 e. The van der Waals surface area contributed by atoms with Gasteiger partial charge >= 0.3 is 22.4 Å². The van der Waals surface area contributed by atoms with Crippen LogP contribution in [0.2, 0.25) is 0 Å². The second kappa shape index (κ2) is 14.1. The molecule has 1 N–H and O–H groups in total. The number of hydrogen-bond acceptors (Lipinski definition) is 8. The van der Waals surface area contributed by atoms with E-state index in [1.54, 1.807) is 71.9 Å². The molecule has 0 aromatic heterocycles. The number of carbonyl (C=O) groups excluding carboxylic acids is 3. The fourth-order valence-corrected chi connectivity index (χ4v) is 6.44. The summed E-state index contributed by atoms with van der Waals surface area (Å²) in [5.41, 5.74) is -1.89. The highest BCUT2D eigenvalue weighted by molar-refractivity contribution is 7.92. The van der Waals surface area contributed by atoms with E-state index in [0.717, 1.165) is 4.90 Å². The first-order chi connectivity index (χ1) is 22.3. The third-order valence-electron chi connectivity index (χ3n) is 7.18. The van der Waals surface area contributed by atoms with E-state index < -0.39 is 76.4 Å². The van der Waals surface area contributed by atoms with Gasteiger partial charge in [-0.05, 0) is 53.5 Å². The highest BCUT2D eigenvalue weighted by Crippen LogP contribution is 2.46. The molecule has 0 spiro atoms. The molecule has 48 heavy (non-hydrogen) atoms. The molecule has 0 aliphatic carbocycles. The van der Waals surface area contributed by atoms with Crippen LogP contribution in [0.5, 0.6) is 5.75 Å². The molecule has 1 fully saturated rings. The lowest BCUT2D eigenvalue weighted by Gasteiger charge is -2.33. The Hall–Kier alpha value is -4.21. The van der Waals surface area contributed by atoms with Gasteiger partial charge in [0.1, 0.15) is 35.8 Å². The lowest BCUT2D eigenvalue weighted by atomic mass is 10.1. The number of amides is 3. The minimum absolute atomic E-state index is 0.00818. The zero-order valence-corrected chi connectivity index (χ0v) is 28.5. The van der Waals surface area contributed by atoms with Crippen LogP contribution >= 0.6 is 0 Å². The van der Waals surface area contributed by atoms with Crippen molar-refractivity contribution < 1.29 is 50.2 Å². The predicted octanol–water partition coefficient (Wildman–Crippen LogP) is 5.53. The first kappa shape index (κ1) is 36.6. The van der Waals surface area contributed by atoms with Gasteiger partial charge in [-0.3, -0.25) is 9.69 Å². The van der Waals surface area contributed by atoms with E-state index in [1.807, 2.05) is 4.72 Å². The van der Waals surface area contributed by atoms with E-state index in [0.29, 0.717) is 9.87 Å². The molecular formula is C32H41F3N4O8S. The van der Waals surface area contributed by atoms with Crippen molar-refractivity contribution in [2.24, 2.45) is 0 Å². The van der Waals surface area contributed by atoms with E-state index in [9.17, 15) is 31.6 Å². The van der Waals surface area contributed by atoms with Crippen LogP contribution in [-0.2, 0) is 37.5 Å². The lowest BCUT2D eigenvalue weighted by molar-refractivity contribution is -0.117. The summed E-state index contributed by atoms with van der Waals surface area (Å²) >= 11 is 0. The maximum absolute atomic E-state index is 16.7. The topological polar surface area (TPSA) is 135 Å². The number of alkyl halides is 2. The Morgan fingerprint density at radius 2 is 1.71 bits per heavy atom. The first-order valence-electron chi connectivity index (χ1n) is 15.4. The van der Waals surface area contributed by atoms with Gasteiger partial charge in [0.05, 0.1) is 11.7 Å². The maximum Gasteiger partial charge on any atom is 0.415 e. The van der Waals surface area contributed by atoms with Gasteiger partial charge < -0.3 is 19.1 Å². The molecule has 16 heteroatoms. The standard InChI is InChI=1S/C32H41F3N4O8S/c1-31(2,3)46-29(41)37(14-10-13-25(33)34)17-21-15-22-23(39(21)30(42)47-32(4,5)6)16-24(45-19-20-11-8-7-9-12-20)28(27(22)35)38-18-26(40)36-48(38,43)44/h7-9,11-12,16,21,25H,10,13-15,17-19H2,1-6H3,(H,36,40)/t21-/m1/s1. The molecule has 12 nitrogen and oxygen atoms in total. The Morgan fingerprint density at radius 3 is 2.27 bits per heavy atom. The van der Waals surface area contributed by atoms with Gasteiger partial charge in [-0.1, -0.05) is 30.3 Å². The minimum Gasteiger partial charge on any atom is -0.487 e. The Labute approximate surface area is 278 Å². The van der Waals surface area contributed by atoms with Crippen molar-refractivity contribution in [1.29, 1.82) is 0 Å². The number of nitrogens with one attached hydrogen (secondary N) is 1. The summed E-state index contributed by atoms with van der Waals surface area (Å²) in [6.07, 6.45) is -5.11. The summed E-state index contributed by atoms with van der Waals surface area (Å²) in [7, 11) is -4.49. The van der Waals surface area contributed by atoms with E-state index in [1.165, 1.54) is 11.0 Å². The average molecular weight is 699 g/mol. The van der Waals surface area contributed by atoms with Crippen molar-refractivity contribution in [2.45, 2.75) is 91.1 Å². The number of anilines is 2. The van der Waals surface area contributed by atoms with Crippen LogP contribution in [0.4, 0.5) is 34.1 Å². The quantitative estimate of drug-likeness (QED) is 0.342. The van der Waals surface area contributed by atoms with Crippen molar-refractivity contribution in [2.75, 3.05) is 28.8 Å². The van der Waals surface area contributed by atoms with Crippen LogP contribution in [0.1, 0.15) is 65.5 Å². The summed E-state index contributed by atoms with van der Waals surface area (Å²) in [6.45, 7) is 8.58. The molecule has 3 amide bonds. The number of nitrogens with zero attached hydrogens (tertiary/aromatic N) is 3. The second-order valence-electron chi connectivity index (χ2n) is 13.5. The van der Waals surface area contributed by atoms with Crippen molar-refractivity contribution in [1.82, 2.24) is 9.62 Å². The fraction of sp³-hybridized carbons (Fsp3) is 0.531. The number of carbonyl (C=O) groups is 3. The number of halogens is 3. The number of rotatable bonds is 10. The Morgan fingerprint density at radius 1 is 1.06 bits per heavy atom. The number of ether oxygens (including phenoxy) is 3. The van der Waals surface area contributed by atoms with Crippen LogP contribution in [0.3, 0.4) is 0 Å². The van der Waals surface area contributed by atoms with Crippen molar-refractivity contribution in [3.05, 3.63) is 53.3 Å². The molecule has 2 aromatic carbocycles. The highest BCUT2D eigenvalue weighted by atomic mass is 32.2. The molecule has 1 atom stereocenters. The summed E-state index contributed by atoms with van der Waals surface area (Å²) < 4.78 is 88.2. The predicted molar refractivity (Wildman–Crippen MR) is 171 cm³/mol. The van der Waals surface area contributed by atoms with Gasteiger partial charge in [-0.25, -0.2) is 31.8 Å². The Kier molecular flexibility index (Phi) is 10.8. The van der Waals surface area contributed by atoms with Crippen LogP contribution in [0.25, 0.3) is 0 Å². The molecule has 2 aliphatic heterocycles. The smallest absolute Gasteiger partial charge is 0.415 e. The van der Waals surface area contributed by atoms with Crippen LogP contribution < -0.4 is 18.7 Å². The molecule has 4 rings (SSSR count). The Bertz CT molecular complexity index is 1630. The van der Waals surface area contributed by atoms with E-state index in [-0.39, 0.29) is 49.5 Å². The Balaban J connectivity index is 1.82. The molecule has 0 unspecified atom stereocenters. The fourth-order valence-electron chi connectivity index (χ4n) is 5.28. The summed E-state index contributed by atoms with van der Waals surface area (Å²) in [6, 6.07) is 9.08. The lowest BCUT2D eigenvalue weighted by Crippen LogP contribution is -2.49. The zero-order valence-electron chi connectivity index (χ0n) is 27.7. The third kappa shape index (κ3) is 9.02. The highest BCUT2D eigenvalue weighted by Gasteiger charge is 2.45. The molecule has 2 aromatic rings. The van der Waals surface area contributed by atoms with Crippen LogP contribution in [0, 0.1) is 5.82 Å². The molecule has 2 aliphatic rings. The number of benzene rings is 2. The minimum atomic E-state index is -4.49. The SMILES string of the molecule is CC(C)(C)OC(=O)N(CCCC(F)F)C[C@H]1Cc2c(cc(OCc3ccccc3)c(N3CC(=O)NS3(=O)=O)c2F)N1C(=O)OC(C)(C)C. The third-order valence-corrected chi connectivity index (χ3v) is 8.56. The first-order valence-corrected chi connectivity index (χ1v) is 16.8. The average Bonchev–Trinajstić information content (AvgIpc) is 3.44. The second-order valence-corrected chi connectivity index (χ2v) is 15.1. The molecule has 264 valence electrons. The van der Waals surface area contributed by atoms with Gasteiger partial charge in [-0.15, -0.1) is 0 Å². The maximum atomic E-state index is 16.7. The summed E-state index contributed by atoms with van der Waals surface area (Å²) in [4.78, 5) is 41.5. The van der Waals surface area contributed by atoms with Crippen molar-refractivity contribution in [3.8, 4) is 5.75 Å². The van der Waals surface area contributed by atoms with E-state index in [2.05, 4.69) is 0 Å². The van der Waals surface area contributed by atoms with Gasteiger partial charge in [0.15, 0.2) is 5.82 Å². The number of hydrogen-bond donors (Lipinski definition) is 1. The normalized spacial score (nSPS) is 17.3. The van der Waals surface area contributed by atoms with Crippen molar-refractivity contribution in [3.63, 3.8) is 0 Å². The van der Waals surface area contributed by atoms with Gasteiger partial charge in [0.2, 0.25) is 6.43 Å². The summed E-state index contributed by atoms with van der Waals surface area (Å²) in [5.74, 6) is -2.22. The molecule has 2 heterocycles. The molecular weight excluding hydrogens is 657 g/mol. The van der Waals surface area contributed by atoms with Crippen LogP contribution in [-0.4, -0.2) is 74.7 Å². The van der Waals surface area contributed by atoms with Crippen molar-refractivity contribution >= 4 is 39.7 Å². The molecule has 0 saturated carbocycles. The van der Waals surface area contributed by atoms with E-state index >= 15 is 4.39 Å². The number of fused-ring (bicyclic) bond motifs is 1. The monoisotopic (exact) mass is 698 g/mol. The van der Waals surface area contributed by atoms with Gasteiger partial charge in [-0.2, -0.15) is 8.42 Å². The molecule has 0 radical (unpaired) electrons. The molecule has 1 saturated heterocycles. The van der Waals surface area contributed by atoms with Gasteiger partial charge in [0, 0.05) is 37.6 Å². The van der Waals surface area contributed by atoms with Gasteiger partial charge in [0.25, 0.3) is 5.91 Å². The van der Waals surface area contributed by atoms with Crippen LogP contribution in [0.15, 0.2) is 36.4 Å².